The number of nitrogens with two attached hydrogens (primary N) is 1. The van der Waals surface area contributed by atoms with Gasteiger partial charge in [0.05, 0.1) is 11.4 Å². The van der Waals surface area contributed by atoms with Gasteiger partial charge >= 0.3 is 0 Å². The summed E-state index contributed by atoms with van der Waals surface area (Å²) in [5.41, 5.74) is 9.88. The van der Waals surface area contributed by atoms with E-state index in [-0.39, 0.29) is 0 Å². The monoisotopic (exact) mass is 306 g/mol. The summed E-state index contributed by atoms with van der Waals surface area (Å²) in [6.45, 7) is 11.7. The molecule has 0 aliphatic carbocycles. The SMILES string of the molecule is C=NC(=C\SCN)/C(C)=N/OCC1=CC(=C)C(C)=CN1C. The van der Waals surface area contributed by atoms with Crippen LogP contribution in [0.5, 0.6) is 0 Å². The van der Waals surface area contributed by atoms with E-state index in [1.165, 1.54) is 11.8 Å². The Kier molecular flexibility index (Phi) is 6.98. The van der Waals surface area contributed by atoms with E-state index in [4.69, 9.17) is 10.6 Å². The molecule has 2 N–H and O–H groups in total. The van der Waals surface area contributed by atoms with Gasteiger partial charge < -0.3 is 15.5 Å². The topological polar surface area (TPSA) is 63.2 Å². The van der Waals surface area contributed by atoms with Crippen LogP contribution in [-0.2, 0) is 4.84 Å². The van der Waals surface area contributed by atoms with Gasteiger partial charge in [0, 0.05) is 19.1 Å². The second kappa shape index (κ2) is 8.49. The minimum Gasteiger partial charge on any atom is -0.389 e. The lowest BCUT2D eigenvalue weighted by Crippen LogP contribution is -2.18. The molecule has 5 nitrogen and oxygen atoms in total. The van der Waals surface area contributed by atoms with Crippen molar-refractivity contribution >= 4 is 24.2 Å². The highest BCUT2D eigenvalue weighted by molar-refractivity contribution is 8.02. The zero-order valence-corrected chi connectivity index (χ0v) is 13.6. The number of hydrogen-bond donors (Lipinski definition) is 1. The highest BCUT2D eigenvalue weighted by Gasteiger charge is 2.11. The Morgan fingerprint density at radius 2 is 2.29 bits per heavy atom. The fraction of sp³-hybridized carbons (Fsp3) is 0.333. The summed E-state index contributed by atoms with van der Waals surface area (Å²) in [5.74, 6) is 0.485. The molecule has 0 aromatic rings. The third-order valence-electron chi connectivity index (χ3n) is 2.93. The molecule has 114 valence electrons. The lowest BCUT2D eigenvalue weighted by Gasteiger charge is -2.23. The Bertz CT molecular complexity index is 532. The molecule has 1 rings (SSSR count). The molecule has 6 heteroatoms. The summed E-state index contributed by atoms with van der Waals surface area (Å²) in [4.78, 5) is 11.3. The first-order chi connectivity index (χ1) is 9.99. The quantitative estimate of drug-likeness (QED) is 0.446. The van der Waals surface area contributed by atoms with E-state index in [1.54, 1.807) is 0 Å². The number of oxime groups is 1. The molecule has 0 aromatic heterocycles. The van der Waals surface area contributed by atoms with Crippen molar-refractivity contribution in [1.29, 1.82) is 0 Å². The molecule has 0 unspecified atom stereocenters. The predicted octanol–water partition coefficient (Wildman–Crippen LogP) is 2.86. The van der Waals surface area contributed by atoms with E-state index in [0.29, 0.717) is 23.9 Å². The van der Waals surface area contributed by atoms with Crippen LogP contribution in [0.25, 0.3) is 0 Å². The van der Waals surface area contributed by atoms with Gasteiger partial charge in [0.1, 0.15) is 5.71 Å². The van der Waals surface area contributed by atoms with Gasteiger partial charge in [-0.15, -0.1) is 11.8 Å². The lowest BCUT2D eigenvalue weighted by atomic mass is 10.1. The van der Waals surface area contributed by atoms with Crippen LogP contribution in [-0.4, -0.2) is 36.9 Å². The first kappa shape index (κ1) is 17.3. The van der Waals surface area contributed by atoms with E-state index in [1.807, 2.05) is 43.5 Å². The standard InChI is InChI=1S/C15H22N4OS/c1-11-6-14(19(5)7-12(11)2)8-20-18-13(3)15(17-4)9-21-10-16/h6-7,9H,1,4,8,10,16H2,2-3,5H3/b15-9-,18-13+. The molecule has 0 radical (unpaired) electrons. The van der Waals surface area contributed by atoms with Crippen molar-refractivity contribution in [2.24, 2.45) is 15.9 Å². The molecular weight excluding hydrogens is 284 g/mol. The largest absolute Gasteiger partial charge is 0.389 e. The van der Waals surface area contributed by atoms with Crippen LogP contribution in [0.2, 0.25) is 0 Å². The smallest absolute Gasteiger partial charge is 0.157 e. The molecule has 0 fully saturated rings. The van der Waals surface area contributed by atoms with Crippen LogP contribution >= 0.6 is 11.8 Å². The normalized spacial score (nSPS) is 16.6. The molecule has 0 bridgehead atoms. The van der Waals surface area contributed by atoms with Crippen molar-refractivity contribution in [2.45, 2.75) is 13.8 Å². The maximum absolute atomic E-state index is 5.43. The first-order valence-electron chi connectivity index (χ1n) is 6.46. The molecule has 1 aliphatic heterocycles. The molecule has 0 saturated carbocycles. The summed E-state index contributed by atoms with van der Waals surface area (Å²) in [6.07, 6.45) is 4.01. The van der Waals surface area contributed by atoms with Gasteiger partial charge in [-0.05, 0) is 43.2 Å². The zero-order chi connectivity index (χ0) is 15.8. The Labute approximate surface area is 130 Å². The average Bonchev–Trinajstić information content (AvgIpc) is 2.45. The molecule has 0 amide bonds. The van der Waals surface area contributed by atoms with Crippen LogP contribution in [0.3, 0.4) is 0 Å². The van der Waals surface area contributed by atoms with Crippen molar-refractivity contribution in [2.75, 3.05) is 19.5 Å². The Morgan fingerprint density at radius 3 is 2.90 bits per heavy atom. The maximum atomic E-state index is 5.43. The Morgan fingerprint density at radius 1 is 1.57 bits per heavy atom. The molecule has 0 aromatic carbocycles. The molecule has 0 saturated heterocycles. The van der Waals surface area contributed by atoms with Crippen molar-refractivity contribution in [3.8, 4) is 0 Å². The van der Waals surface area contributed by atoms with Crippen LogP contribution < -0.4 is 5.73 Å². The Balaban J connectivity index is 2.63. The highest BCUT2D eigenvalue weighted by Crippen LogP contribution is 2.20. The summed E-state index contributed by atoms with van der Waals surface area (Å²) in [6, 6.07) is 0. The van der Waals surface area contributed by atoms with Gasteiger partial charge in [0.15, 0.2) is 6.61 Å². The summed E-state index contributed by atoms with van der Waals surface area (Å²) >= 11 is 1.44. The van der Waals surface area contributed by atoms with Gasteiger partial charge in [0.25, 0.3) is 0 Å². The van der Waals surface area contributed by atoms with Crippen molar-refractivity contribution in [3.05, 3.63) is 46.8 Å². The number of hydrogen-bond acceptors (Lipinski definition) is 6. The molecule has 1 aliphatic rings. The average molecular weight is 306 g/mol. The second-order valence-electron chi connectivity index (χ2n) is 4.53. The van der Waals surface area contributed by atoms with E-state index in [2.05, 4.69) is 23.4 Å². The number of nitrogens with zero attached hydrogens (tertiary/aromatic N) is 3. The fourth-order valence-corrected chi connectivity index (χ4v) is 2.12. The third-order valence-corrected chi connectivity index (χ3v) is 3.52. The highest BCUT2D eigenvalue weighted by atomic mass is 32.2. The van der Waals surface area contributed by atoms with Gasteiger partial charge in [-0.2, -0.15) is 0 Å². The van der Waals surface area contributed by atoms with Crippen molar-refractivity contribution < 1.29 is 4.84 Å². The number of allylic oxidation sites excluding steroid dienone is 4. The minimum absolute atomic E-state index is 0.366. The first-order valence-corrected chi connectivity index (χ1v) is 7.51. The van der Waals surface area contributed by atoms with E-state index < -0.39 is 0 Å². The van der Waals surface area contributed by atoms with E-state index in [9.17, 15) is 0 Å². The molecular formula is C15H22N4OS. The lowest BCUT2D eigenvalue weighted by molar-refractivity contribution is 0.153. The minimum atomic E-state index is 0.366. The van der Waals surface area contributed by atoms with Gasteiger partial charge in [-0.25, -0.2) is 0 Å². The molecule has 0 atom stereocenters. The van der Waals surface area contributed by atoms with Crippen LogP contribution in [0.1, 0.15) is 13.8 Å². The van der Waals surface area contributed by atoms with Crippen LogP contribution in [0, 0.1) is 0 Å². The summed E-state index contributed by atoms with van der Waals surface area (Å²) in [5, 5.41) is 5.88. The Hall–Kier alpha value is -1.79. The summed E-state index contributed by atoms with van der Waals surface area (Å²) in [7, 11) is 1.97. The molecule has 0 spiro atoms. The van der Waals surface area contributed by atoms with Gasteiger partial charge in [-0.1, -0.05) is 11.7 Å². The number of aliphatic imine (C=N–C) groups is 1. The van der Waals surface area contributed by atoms with Crippen molar-refractivity contribution in [3.63, 3.8) is 0 Å². The van der Waals surface area contributed by atoms with Gasteiger partial charge in [0.2, 0.25) is 0 Å². The van der Waals surface area contributed by atoms with Crippen LogP contribution in [0.15, 0.2) is 57.0 Å². The summed E-state index contributed by atoms with van der Waals surface area (Å²) < 4.78 is 0. The number of thioether (sulfide) groups is 1. The van der Waals surface area contributed by atoms with Crippen LogP contribution in [0.4, 0.5) is 0 Å². The van der Waals surface area contributed by atoms with E-state index >= 15 is 0 Å². The zero-order valence-electron chi connectivity index (χ0n) is 12.8. The van der Waals surface area contributed by atoms with E-state index in [0.717, 1.165) is 16.8 Å². The van der Waals surface area contributed by atoms with Crippen molar-refractivity contribution in [1.82, 2.24) is 4.90 Å². The molecule has 21 heavy (non-hydrogen) atoms. The predicted molar refractivity (Wildman–Crippen MR) is 92.1 cm³/mol. The molecule has 1 heterocycles. The second-order valence-corrected chi connectivity index (χ2v) is 5.43. The number of rotatable bonds is 7. The maximum Gasteiger partial charge on any atom is 0.157 e. The number of likely N-dealkylation sites (N-methyl/N-ethyl adjacent to an activating group) is 1. The van der Waals surface area contributed by atoms with Gasteiger partial charge in [-0.3, -0.25) is 4.99 Å². The fourth-order valence-electron chi connectivity index (χ4n) is 1.62. The third kappa shape index (κ3) is 5.24.